The van der Waals surface area contributed by atoms with Crippen molar-refractivity contribution in [3.63, 3.8) is 0 Å². The zero-order valence-corrected chi connectivity index (χ0v) is 15.9. The molecule has 2 aromatic heterocycles. The quantitative estimate of drug-likeness (QED) is 0.554. The summed E-state index contributed by atoms with van der Waals surface area (Å²) in [6.45, 7) is 3.04. The van der Waals surface area contributed by atoms with Gasteiger partial charge in [0.2, 0.25) is 5.95 Å². The van der Waals surface area contributed by atoms with Crippen LogP contribution in [0.25, 0.3) is 0 Å². The topological polar surface area (TPSA) is 111 Å². The molecule has 0 aliphatic carbocycles. The first-order valence-corrected chi connectivity index (χ1v) is 8.86. The molecule has 27 heavy (non-hydrogen) atoms. The second kappa shape index (κ2) is 8.24. The van der Waals surface area contributed by atoms with Gasteiger partial charge in [0.05, 0.1) is 27.5 Å². The fraction of sp³-hybridized carbons (Fsp3) is 0.176. The number of halogens is 2. The lowest BCUT2D eigenvalue weighted by atomic mass is 10.2. The van der Waals surface area contributed by atoms with Crippen LogP contribution in [-0.4, -0.2) is 25.7 Å². The van der Waals surface area contributed by atoms with Crippen LogP contribution in [-0.2, 0) is 13.1 Å². The van der Waals surface area contributed by atoms with Gasteiger partial charge in [-0.25, -0.2) is 4.98 Å². The van der Waals surface area contributed by atoms with E-state index in [1.807, 2.05) is 19.2 Å². The number of aromatic nitrogens is 4. The molecule has 0 saturated carbocycles. The van der Waals surface area contributed by atoms with Gasteiger partial charge in [-0.2, -0.15) is 10.1 Å². The largest absolute Gasteiger partial charge is 0.365 e. The van der Waals surface area contributed by atoms with Crippen molar-refractivity contribution < 1.29 is 4.79 Å². The Balaban J connectivity index is 1.83. The van der Waals surface area contributed by atoms with Gasteiger partial charge < -0.3 is 16.4 Å². The summed E-state index contributed by atoms with van der Waals surface area (Å²) in [6.07, 6.45) is 4.85. The molecule has 0 atom stereocenters. The van der Waals surface area contributed by atoms with Gasteiger partial charge in [-0.1, -0.05) is 35.3 Å². The molecular weight excluding hydrogens is 389 g/mol. The van der Waals surface area contributed by atoms with E-state index in [9.17, 15) is 4.79 Å². The SMILES string of the molecule is CCn1cc(Nc2ncc(C(N)=O)c(NCc3cccc(Cl)c3Cl)n2)cn1. The first-order valence-electron chi connectivity index (χ1n) is 8.11. The van der Waals surface area contributed by atoms with Gasteiger partial charge >= 0.3 is 0 Å². The van der Waals surface area contributed by atoms with E-state index in [-0.39, 0.29) is 5.56 Å². The van der Waals surface area contributed by atoms with Crippen molar-refractivity contribution in [2.75, 3.05) is 10.6 Å². The van der Waals surface area contributed by atoms with Gasteiger partial charge in [0.15, 0.2) is 0 Å². The number of amides is 1. The fourth-order valence-corrected chi connectivity index (χ4v) is 2.74. The highest BCUT2D eigenvalue weighted by Crippen LogP contribution is 2.26. The molecule has 8 nitrogen and oxygen atoms in total. The molecule has 3 aromatic rings. The maximum Gasteiger partial charge on any atom is 0.254 e. The van der Waals surface area contributed by atoms with Crippen molar-refractivity contribution in [1.29, 1.82) is 0 Å². The van der Waals surface area contributed by atoms with E-state index in [1.54, 1.807) is 23.0 Å². The monoisotopic (exact) mass is 405 g/mol. The molecule has 0 fully saturated rings. The molecule has 0 spiro atoms. The Labute approximate surface area is 165 Å². The van der Waals surface area contributed by atoms with Crippen molar-refractivity contribution in [2.45, 2.75) is 20.0 Å². The van der Waals surface area contributed by atoms with E-state index in [4.69, 9.17) is 28.9 Å². The minimum atomic E-state index is -0.639. The zero-order chi connectivity index (χ0) is 19.4. The molecule has 1 amide bonds. The predicted octanol–water partition coefficient (Wildman–Crippen LogP) is 3.45. The molecule has 140 valence electrons. The smallest absolute Gasteiger partial charge is 0.254 e. The molecule has 0 aliphatic rings. The Bertz CT molecular complexity index is 974. The summed E-state index contributed by atoms with van der Waals surface area (Å²) >= 11 is 12.2. The summed E-state index contributed by atoms with van der Waals surface area (Å²) in [5, 5.41) is 11.2. The van der Waals surface area contributed by atoms with Crippen LogP contribution >= 0.6 is 23.2 Å². The van der Waals surface area contributed by atoms with Crippen molar-refractivity contribution in [2.24, 2.45) is 5.73 Å². The zero-order valence-electron chi connectivity index (χ0n) is 14.4. The first kappa shape index (κ1) is 18.9. The van der Waals surface area contributed by atoms with Gasteiger partial charge in [0.1, 0.15) is 5.82 Å². The number of benzene rings is 1. The van der Waals surface area contributed by atoms with Crippen LogP contribution < -0.4 is 16.4 Å². The second-order valence-electron chi connectivity index (χ2n) is 5.60. The number of nitrogens with zero attached hydrogens (tertiary/aromatic N) is 4. The number of carbonyl (C=O) groups excluding carboxylic acids is 1. The van der Waals surface area contributed by atoms with Crippen LogP contribution in [0.4, 0.5) is 17.5 Å². The van der Waals surface area contributed by atoms with Crippen LogP contribution in [0.15, 0.2) is 36.8 Å². The lowest BCUT2D eigenvalue weighted by Crippen LogP contribution is -2.17. The minimum absolute atomic E-state index is 0.169. The molecule has 1 aromatic carbocycles. The van der Waals surface area contributed by atoms with E-state index in [1.165, 1.54) is 6.20 Å². The van der Waals surface area contributed by atoms with Crippen LogP contribution in [0.2, 0.25) is 10.0 Å². The molecule has 2 heterocycles. The third kappa shape index (κ3) is 4.47. The molecule has 10 heteroatoms. The number of nitrogens with two attached hydrogens (primary N) is 1. The summed E-state index contributed by atoms with van der Waals surface area (Å²) < 4.78 is 1.76. The van der Waals surface area contributed by atoms with Crippen molar-refractivity contribution in [1.82, 2.24) is 19.7 Å². The van der Waals surface area contributed by atoms with E-state index in [2.05, 4.69) is 25.7 Å². The summed E-state index contributed by atoms with van der Waals surface area (Å²) in [5.74, 6) is -0.0469. The highest BCUT2D eigenvalue weighted by Gasteiger charge is 2.13. The molecule has 0 aliphatic heterocycles. The van der Waals surface area contributed by atoms with Gasteiger partial charge in [-0.3, -0.25) is 9.48 Å². The highest BCUT2D eigenvalue weighted by atomic mass is 35.5. The lowest BCUT2D eigenvalue weighted by molar-refractivity contribution is 0.100. The Hall–Kier alpha value is -2.84. The number of rotatable bonds is 7. The lowest BCUT2D eigenvalue weighted by Gasteiger charge is -2.12. The van der Waals surface area contributed by atoms with E-state index >= 15 is 0 Å². The summed E-state index contributed by atoms with van der Waals surface area (Å²) in [6, 6.07) is 5.31. The third-order valence-corrected chi connectivity index (χ3v) is 4.60. The Morgan fingerprint density at radius 2 is 2.11 bits per heavy atom. The average Bonchev–Trinajstić information content (AvgIpc) is 3.10. The first-order chi connectivity index (χ1) is 13.0. The van der Waals surface area contributed by atoms with Crippen molar-refractivity contribution >= 4 is 46.6 Å². The predicted molar refractivity (Wildman–Crippen MR) is 106 cm³/mol. The standard InChI is InChI=1S/C17H17Cl2N7O/c1-2-26-9-11(7-23-26)24-17-22-8-12(15(20)27)16(25-17)21-6-10-4-3-5-13(18)14(10)19/h3-5,7-9H,2,6H2,1H3,(H2,20,27)(H2,21,22,24,25). The minimum Gasteiger partial charge on any atom is -0.365 e. The molecule has 0 unspecified atom stereocenters. The van der Waals surface area contributed by atoms with Gasteiger partial charge in [0.25, 0.3) is 5.91 Å². The van der Waals surface area contributed by atoms with Gasteiger partial charge in [0, 0.05) is 25.5 Å². The number of hydrogen-bond donors (Lipinski definition) is 3. The molecular formula is C17H17Cl2N7O. The number of carbonyl (C=O) groups is 1. The van der Waals surface area contributed by atoms with Crippen LogP contribution in [0, 0.1) is 0 Å². The highest BCUT2D eigenvalue weighted by molar-refractivity contribution is 6.42. The van der Waals surface area contributed by atoms with Crippen LogP contribution in [0.5, 0.6) is 0 Å². The average molecular weight is 406 g/mol. The van der Waals surface area contributed by atoms with Gasteiger partial charge in [-0.15, -0.1) is 0 Å². The normalized spacial score (nSPS) is 10.6. The molecule has 0 bridgehead atoms. The Kier molecular flexibility index (Phi) is 5.78. The van der Waals surface area contributed by atoms with E-state index < -0.39 is 5.91 Å². The number of anilines is 3. The molecule has 3 rings (SSSR count). The number of nitrogens with one attached hydrogen (secondary N) is 2. The van der Waals surface area contributed by atoms with Gasteiger partial charge in [-0.05, 0) is 18.6 Å². The Morgan fingerprint density at radius 3 is 2.81 bits per heavy atom. The second-order valence-corrected chi connectivity index (χ2v) is 6.38. The maximum atomic E-state index is 11.7. The Morgan fingerprint density at radius 1 is 1.30 bits per heavy atom. The number of hydrogen-bond acceptors (Lipinski definition) is 6. The summed E-state index contributed by atoms with van der Waals surface area (Å²) in [7, 11) is 0. The molecule has 4 N–H and O–H groups in total. The van der Waals surface area contributed by atoms with Crippen molar-refractivity contribution in [3.05, 3.63) is 58.0 Å². The van der Waals surface area contributed by atoms with E-state index in [0.29, 0.717) is 28.4 Å². The molecule has 0 saturated heterocycles. The number of primary amides is 1. The van der Waals surface area contributed by atoms with Crippen molar-refractivity contribution in [3.8, 4) is 0 Å². The molecule has 0 radical (unpaired) electrons. The maximum absolute atomic E-state index is 11.7. The summed E-state index contributed by atoms with van der Waals surface area (Å²) in [5.41, 5.74) is 7.08. The van der Waals surface area contributed by atoms with E-state index in [0.717, 1.165) is 17.8 Å². The third-order valence-electron chi connectivity index (χ3n) is 3.75. The van der Waals surface area contributed by atoms with Crippen LogP contribution in [0.3, 0.4) is 0 Å². The summed E-state index contributed by atoms with van der Waals surface area (Å²) in [4.78, 5) is 20.2. The van der Waals surface area contributed by atoms with Crippen LogP contribution in [0.1, 0.15) is 22.8 Å². The fourth-order valence-electron chi connectivity index (χ4n) is 2.35. The number of aryl methyl sites for hydroxylation is 1.